The maximum Gasteiger partial charge on any atom is 0.216 e. The highest BCUT2D eigenvalue weighted by Crippen LogP contribution is 2.21. The smallest absolute Gasteiger partial charge is 0.216 e. The molecule has 0 aliphatic rings. The van der Waals surface area contributed by atoms with Gasteiger partial charge in [0.1, 0.15) is 6.10 Å². The second-order valence-corrected chi connectivity index (χ2v) is 4.67. The minimum absolute atomic E-state index is 0.0209. The fraction of sp³-hybridized carbons (Fsp3) is 0.545. The summed E-state index contributed by atoms with van der Waals surface area (Å²) in [6.07, 6.45) is -0.489. The average Bonchev–Trinajstić information content (AvgIpc) is 2.76. The van der Waals surface area contributed by atoms with Crippen molar-refractivity contribution in [2.45, 2.75) is 26.0 Å². The van der Waals surface area contributed by atoms with E-state index >= 15 is 0 Å². The Morgan fingerprint density at radius 1 is 1.56 bits per heavy atom. The molecule has 1 aromatic heterocycles. The number of hydrogen-bond acceptors (Lipinski definition) is 4. The van der Waals surface area contributed by atoms with E-state index in [0.29, 0.717) is 13.1 Å². The fourth-order valence-electron chi connectivity index (χ4n) is 1.36. The molecule has 0 saturated heterocycles. The summed E-state index contributed by atoms with van der Waals surface area (Å²) in [5.74, 6) is -0.0340. The number of aliphatic hydroxyl groups is 1. The molecule has 0 bridgehead atoms. The van der Waals surface area contributed by atoms with Crippen molar-refractivity contribution in [3.63, 3.8) is 0 Å². The van der Waals surface area contributed by atoms with Gasteiger partial charge in [-0.25, -0.2) is 0 Å². The van der Waals surface area contributed by atoms with Crippen LogP contribution < -0.4 is 10.6 Å². The molecule has 90 valence electrons. The minimum atomic E-state index is -0.489. The summed E-state index contributed by atoms with van der Waals surface area (Å²) in [7, 11) is 0. The number of nitrogens with one attached hydrogen (secondary N) is 2. The molecule has 16 heavy (non-hydrogen) atoms. The van der Waals surface area contributed by atoms with Crippen LogP contribution in [0.4, 0.5) is 0 Å². The summed E-state index contributed by atoms with van der Waals surface area (Å²) < 4.78 is 0. The van der Waals surface area contributed by atoms with Gasteiger partial charge in [-0.2, -0.15) is 0 Å². The Hall–Kier alpha value is -0.910. The molecule has 5 heteroatoms. The van der Waals surface area contributed by atoms with Crippen LogP contribution >= 0.6 is 11.3 Å². The first-order valence-electron chi connectivity index (χ1n) is 5.30. The monoisotopic (exact) mass is 242 g/mol. The van der Waals surface area contributed by atoms with Gasteiger partial charge in [0.25, 0.3) is 0 Å². The zero-order chi connectivity index (χ0) is 12.0. The van der Waals surface area contributed by atoms with E-state index in [4.69, 9.17) is 0 Å². The fourth-order valence-corrected chi connectivity index (χ4v) is 2.17. The Bertz CT molecular complexity index is 314. The van der Waals surface area contributed by atoms with Crippen LogP contribution in [-0.4, -0.2) is 30.1 Å². The third-order valence-corrected chi connectivity index (χ3v) is 3.22. The molecule has 2 atom stereocenters. The van der Waals surface area contributed by atoms with E-state index in [-0.39, 0.29) is 11.9 Å². The molecular weight excluding hydrogens is 224 g/mol. The topological polar surface area (TPSA) is 61.4 Å². The van der Waals surface area contributed by atoms with Gasteiger partial charge in [-0.15, -0.1) is 11.3 Å². The van der Waals surface area contributed by atoms with Gasteiger partial charge in [0.2, 0.25) is 5.91 Å². The van der Waals surface area contributed by atoms with E-state index in [1.807, 2.05) is 24.4 Å². The van der Waals surface area contributed by atoms with Crippen molar-refractivity contribution in [1.29, 1.82) is 0 Å². The van der Waals surface area contributed by atoms with E-state index in [2.05, 4.69) is 10.6 Å². The molecule has 0 aliphatic carbocycles. The molecular formula is C11H18N2O2S. The summed E-state index contributed by atoms with van der Waals surface area (Å²) in [5, 5.41) is 17.8. The number of rotatable bonds is 6. The zero-order valence-corrected chi connectivity index (χ0v) is 10.4. The largest absolute Gasteiger partial charge is 0.386 e. The van der Waals surface area contributed by atoms with Crippen LogP contribution in [0.3, 0.4) is 0 Å². The molecule has 1 amide bonds. The lowest BCUT2D eigenvalue weighted by Gasteiger charge is -2.19. The Morgan fingerprint density at radius 2 is 2.31 bits per heavy atom. The van der Waals surface area contributed by atoms with Gasteiger partial charge in [-0.1, -0.05) is 6.07 Å². The standard InChI is InChI=1S/C11H18N2O2S/c1-8(12-5-6-13-9(2)14)11(15)10-4-3-7-16-10/h3-4,7-8,11-12,15H,5-6H2,1-2H3,(H,13,14). The van der Waals surface area contributed by atoms with Crippen LogP contribution in [0.25, 0.3) is 0 Å². The van der Waals surface area contributed by atoms with E-state index in [9.17, 15) is 9.90 Å². The summed E-state index contributed by atoms with van der Waals surface area (Å²) in [6, 6.07) is 3.82. The van der Waals surface area contributed by atoms with Crippen LogP contribution in [0, 0.1) is 0 Å². The number of hydrogen-bond donors (Lipinski definition) is 3. The van der Waals surface area contributed by atoms with E-state index in [0.717, 1.165) is 4.88 Å². The number of amides is 1. The van der Waals surface area contributed by atoms with Crippen LogP contribution in [0.15, 0.2) is 17.5 Å². The van der Waals surface area contributed by atoms with E-state index in [1.165, 1.54) is 6.92 Å². The van der Waals surface area contributed by atoms with Crippen LogP contribution in [0.2, 0.25) is 0 Å². The lowest BCUT2D eigenvalue weighted by Crippen LogP contribution is -2.37. The van der Waals surface area contributed by atoms with Crippen molar-refractivity contribution in [2.24, 2.45) is 0 Å². The molecule has 2 unspecified atom stereocenters. The maximum atomic E-state index is 10.6. The van der Waals surface area contributed by atoms with Crippen molar-refractivity contribution >= 4 is 17.2 Å². The SMILES string of the molecule is CC(=O)NCCNC(C)C(O)c1cccs1. The van der Waals surface area contributed by atoms with Gasteiger partial charge in [0.15, 0.2) is 0 Å². The van der Waals surface area contributed by atoms with Crippen LogP contribution in [0.1, 0.15) is 24.8 Å². The molecule has 0 aromatic carbocycles. The Morgan fingerprint density at radius 3 is 2.88 bits per heavy atom. The van der Waals surface area contributed by atoms with Gasteiger partial charge in [0, 0.05) is 30.9 Å². The highest BCUT2D eigenvalue weighted by molar-refractivity contribution is 7.10. The third-order valence-electron chi connectivity index (χ3n) is 2.27. The first-order valence-corrected chi connectivity index (χ1v) is 6.18. The van der Waals surface area contributed by atoms with Crippen molar-refractivity contribution < 1.29 is 9.90 Å². The van der Waals surface area contributed by atoms with Crippen LogP contribution in [-0.2, 0) is 4.79 Å². The molecule has 1 rings (SSSR count). The first kappa shape index (κ1) is 13.2. The minimum Gasteiger partial charge on any atom is -0.386 e. The molecule has 4 nitrogen and oxygen atoms in total. The molecule has 1 aromatic rings. The summed E-state index contributed by atoms with van der Waals surface area (Å²) in [5.41, 5.74) is 0. The second-order valence-electron chi connectivity index (χ2n) is 3.69. The first-order chi connectivity index (χ1) is 7.61. The summed E-state index contributed by atoms with van der Waals surface area (Å²) in [4.78, 5) is 11.6. The van der Waals surface area contributed by atoms with Crippen LogP contribution in [0.5, 0.6) is 0 Å². The molecule has 1 heterocycles. The molecule has 0 fully saturated rings. The lowest BCUT2D eigenvalue weighted by atomic mass is 10.1. The normalized spacial score (nSPS) is 14.4. The highest BCUT2D eigenvalue weighted by atomic mass is 32.1. The quantitative estimate of drug-likeness (QED) is 0.649. The van der Waals surface area contributed by atoms with E-state index in [1.54, 1.807) is 11.3 Å². The summed E-state index contributed by atoms with van der Waals surface area (Å²) in [6.45, 7) is 4.65. The lowest BCUT2D eigenvalue weighted by molar-refractivity contribution is -0.118. The number of aliphatic hydroxyl groups excluding tert-OH is 1. The van der Waals surface area contributed by atoms with Gasteiger partial charge >= 0.3 is 0 Å². The Labute approximate surface area is 99.7 Å². The number of carbonyl (C=O) groups excluding carboxylic acids is 1. The van der Waals surface area contributed by atoms with Crippen molar-refractivity contribution in [3.05, 3.63) is 22.4 Å². The predicted octanol–water partition coefficient (Wildman–Crippen LogP) is 0.896. The molecule has 3 N–H and O–H groups in total. The second kappa shape index (κ2) is 6.62. The number of thiophene rings is 1. The van der Waals surface area contributed by atoms with Gasteiger partial charge in [-0.05, 0) is 18.4 Å². The maximum absolute atomic E-state index is 10.6. The van der Waals surface area contributed by atoms with Gasteiger partial charge in [0.05, 0.1) is 0 Å². The molecule has 0 aliphatic heterocycles. The zero-order valence-electron chi connectivity index (χ0n) is 9.56. The predicted molar refractivity (Wildman–Crippen MR) is 65.4 cm³/mol. The Kier molecular flexibility index (Phi) is 5.45. The molecule has 0 saturated carbocycles. The van der Waals surface area contributed by atoms with Crippen molar-refractivity contribution in [3.8, 4) is 0 Å². The Balaban J connectivity index is 2.24. The molecule has 0 spiro atoms. The van der Waals surface area contributed by atoms with Gasteiger partial charge < -0.3 is 15.7 Å². The summed E-state index contributed by atoms with van der Waals surface area (Å²) >= 11 is 1.54. The van der Waals surface area contributed by atoms with Crippen molar-refractivity contribution in [1.82, 2.24) is 10.6 Å². The average molecular weight is 242 g/mol. The number of carbonyl (C=O) groups is 1. The molecule has 0 radical (unpaired) electrons. The van der Waals surface area contributed by atoms with E-state index < -0.39 is 6.10 Å². The van der Waals surface area contributed by atoms with Gasteiger partial charge in [-0.3, -0.25) is 4.79 Å². The third kappa shape index (κ3) is 4.30. The highest BCUT2D eigenvalue weighted by Gasteiger charge is 2.16. The van der Waals surface area contributed by atoms with Crippen molar-refractivity contribution in [2.75, 3.05) is 13.1 Å².